The SMILES string of the molecule is CC1(C)CC(N(C(=O)CCCCCCCCC(N)=O)C2CC(C)(C)NC(C)(C)C2)CC(C)(C)N1. The van der Waals surface area contributed by atoms with E-state index >= 15 is 0 Å². The van der Waals surface area contributed by atoms with Gasteiger partial charge in [-0.05, 0) is 93.9 Å². The summed E-state index contributed by atoms with van der Waals surface area (Å²) in [5, 5.41) is 7.59. The van der Waals surface area contributed by atoms with E-state index in [1.807, 2.05) is 0 Å². The number of carbonyl (C=O) groups excluding carboxylic acids is 2. The van der Waals surface area contributed by atoms with Gasteiger partial charge in [0.2, 0.25) is 11.8 Å². The molecule has 2 rings (SSSR count). The van der Waals surface area contributed by atoms with Crippen LogP contribution in [0.5, 0.6) is 0 Å². The molecule has 2 heterocycles. The third kappa shape index (κ3) is 9.49. The number of amides is 2. The Balaban J connectivity index is 2.07. The summed E-state index contributed by atoms with van der Waals surface area (Å²) in [7, 11) is 0. The van der Waals surface area contributed by atoms with Crippen LogP contribution in [0.3, 0.4) is 0 Å². The third-order valence-corrected chi connectivity index (χ3v) is 7.48. The number of nitrogens with zero attached hydrogens (tertiary/aromatic N) is 1. The Morgan fingerprint density at radius 3 is 1.32 bits per heavy atom. The lowest BCUT2D eigenvalue weighted by molar-refractivity contribution is -0.141. The van der Waals surface area contributed by atoms with Gasteiger partial charge in [-0.2, -0.15) is 0 Å². The molecule has 4 N–H and O–H groups in total. The average Bonchev–Trinajstić information content (AvgIpc) is 2.58. The molecule has 0 aromatic carbocycles. The fourth-order valence-corrected chi connectivity index (χ4v) is 7.05. The van der Waals surface area contributed by atoms with Crippen molar-refractivity contribution in [3.8, 4) is 0 Å². The lowest BCUT2D eigenvalue weighted by Crippen LogP contribution is -2.67. The monoisotopic (exact) mass is 478 g/mol. The Bertz CT molecular complexity index is 629. The van der Waals surface area contributed by atoms with Gasteiger partial charge in [-0.3, -0.25) is 9.59 Å². The molecule has 0 bridgehead atoms. The molecule has 6 nitrogen and oxygen atoms in total. The highest BCUT2D eigenvalue weighted by molar-refractivity contribution is 5.77. The molecule has 0 spiro atoms. The number of unbranched alkanes of at least 4 members (excludes halogenated alkanes) is 5. The summed E-state index contributed by atoms with van der Waals surface area (Å²) in [5.41, 5.74) is 5.25. The first kappa shape index (κ1) is 29.1. The Hall–Kier alpha value is -1.14. The fraction of sp³-hybridized carbons (Fsp3) is 0.929. The first-order chi connectivity index (χ1) is 15.5. The largest absolute Gasteiger partial charge is 0.370 e. The molecule has 6 heteroatoms. The Kier molecular flexibility index (Phi) is 9.65. The molecule has 0 aromatic heterocycles. The quantitative estimate of drug-likeness (QED) is 0.363. The summed E-state index contributed by atoms with van der Waals surface area (Å²) in [6.45, 7) is 18.2. The van der Waals surface area contributed by atoms with Gasteiger partial charge in [0.1, 0.15) is 0 Å². The second kappa shape index (κ2) is 11.3. The minimum absolute atomic E-state index is 0.00775. The molecule has 2 amide bonds. The van der Waals surface area contributed by atoms with E-state index in [1.165, 1.54) is 0 Å². The number of piperidine rings is 2. The summed E-state index contributed by atoms with van der Waals surface area (Å²) in [6, 6.07) is 0.532. The van der Waals surface area contributed by atoms with E-state index in [2.05, 4.69) is 70.9 Å². The van der Waals surface area contributed by atoms with Gasteiger partial charge in [-0.15, -0.1) is 0 Å². The number of nitrogens with two attached hydrogens (primary N) is 1. The Morgan fingerprint density at radius 1 is 0.647 bits per heavy atom. The van der Waals surface area contributed by atoms with Crippen LogP contribution in [0.25, 0.3) is 0 Å². The number of hydrogen-bond acceptors (Lipinski definition) is 4. The number of hydrogen-bond donors (Lipinski definition) is 3. The highest BCUT2D eigenvalue weighted by atomic mass is 16.2. The highest BCUT2D eigenvalue weighted by Crippen LogP contribution is 2.38. The van der Waals surface area contributed by atoms with Crippen LogP contribution in [-0.2, 0) is 9.59 Å². The summed E-state index contributed by atoms with van der Waals surface area (Å²) in [4.78, 5) is 27.0. The van der Waals surface area contributed by atoms with Gasteiger partial charge in [0.25, 0.3) is 0 Å². The van der Waals surface area contributed by atoms with Gasteiger partial charge in [0, 0.05) is 47.1 Å². The van der Waals surface area contributed by atoms with Crippen LogP contribution < -0.4 is 16.4 Å². The standard InChI is InChI=1S/C28H54N4O2/c1-25(2)17-21(18-26(3,4)30-25)32(22-19-27(5,6)31-28(7,8)20-22)24(34)16-14-12-10-9-11-13-15-23(29)33/h21-22,30-31H,9-20H2,1-8H3,(H2,29,33). The molecule has 2 fully saturated rings. The summed E-state index contributed by atoms with van der Waals surface area (Å²) < 4.78 is 0. The molecule has 0 aromatic rings. The van der Waals surface area contributed by atoms with Gasteiger partial charge >= 0.3 is 0 Å². The topological polar surface area (TPSA) is 87.5 Å². The molecule has 0 atom stereocenters. The summed E-state index contributed by atoms with van der Waals surface area (Å²) in [6.07, 6.45) is 11.3. The lowest BCUT2D eigenvalue weighted by Gasteiger charge is -2.55. The van der Waals surface area contributed by atoms with Crippen LogP contribution in [0.2, 0.25) is 0 Å². The molecule has 0 radical (unpaired) electrons. The molecular weight excluding hydrogens is 424 g/mol. The molecule has 2 aliphatic heterocycles. The minimum atomic E-state index is -0.209. The van der Waals surface area contributed by atoms with Crippen molar-refractivity contribution in [2.75, 3.05) is 0 Å². The van der Waals surface area contributed by atoms with Crippen molar-refractivity contribution in [3.63, 3.8) is 0 Å². The number of nitrogens with one attached hydrogen (secondary N) is 2. The summed E-state index contributed by atoms with van der Waals surface area (Å²) >= 11 is 0. The summed E-state index contributed by atoms with van der Waals surface area (Å²) in [5.74, 6) is 0.130. The average molecular weight is 479 g/mol. The second-order valence-electron chi connectivity index (χ2n) is 13.8. The second-order valence-corrected chi connectivity index (χ2v) is 13.8. The Labute approximate surface area is 209 Å². The van der Waals surface area contributed by atoms with E-state index in [4.69, 9.17) is 5.73 Å². The molecule has 2 aliphatic rings. The van der Waals surface area contributed by atoms with Crippen LogP contribution in [0, 0.1) is 0 Å². The van der Waals surface area contributed by atoms with Crippen LogP contribution in [-0.4, -0.2) is 51.0 Å². The number of primary amides is 1. The van der Waals surface area contributed by atoms with Crippen LogP contribution in [0.15, 0.2) is 0 Å². The van der Waals surface area contributed by atoms with E-state index in [0.29, 0.717) is 18.7 Å². The van der Waals surface area contributed by atoms with Crippen molar-refractivity contribution in [2.24, 2.45) is 5.73 Å². The fourth-order valence-electron chi connectivity index (χ4n) is 7.05. The van der Waals surface area contributed by atoms with Gasteiger partial charge in [0.05, 0.1) is 0 Å². The number of rotatable bonds is 11. The van der Waals surface area contributed by atoms with E-state index in [9.17, 15) is 9.59 Å². The highest BCUT2D eigenvalue weighted by Gasteiger charge is 2.47. The zero-order valence-electron chi connectivity index (χ0n) is 23.5. The predicted octanol–water partition coefficient (Wildman–Crippen LogP) is 5.04. The van der Waals surface area contributed by atoms with Gasteiger partial charge in [-0.1, -0.05) is 25.7 Å². The molecule has 0 unspecified atom stereocenters. The van der Waals surface area contributed by atoms with E-state index < -0.39 is 0 Å². The first-order valence-corrected chi connectivity index (χ1v) is 13.7. The Morgan fingerprint density at radius 2 is 0.971 bits per heavy atom. The van der Waals surface area contributed by atoms with Gasteiger partial charge < -0.3 is 21.3 Å². The van der Waals surface area contributed by atoms with E-state index in [0.717, 1.165) is 64.2 Å². The maximum Gasteiger partial charge on any atom is 0.223 e. The molecule has 0 aliphatic carbocycles. The van der Waals surface area contributed by atoms with Crippen LogP contribution in [0.4, 0.5) is 0 Å². The maximum atomic E-state index is 13.8. The lowest BCUT2D eigenvalue weighted by atomic mass is 9.75. The van der Waals surface area contributed by atoms with Crippen molar-refractivity contribution < 1.29 is 9.59 Å². The smallest absolute Gasteiger partial charge is 0.223 e. The maximum absolute atomic E-state index is 13.8. The van der Waals surface area contributed by atoms with E-state index in [-0.39, 0.29) is 40.1 Å². The number of carbonyl (C=O) groups is 2. The van der Waals surface area contributed by atoms with Crippen LogP contribution >= 0.6 is 0 Å². The van der Waals surface area contributed by atoms with E-state index in [1.54, 1.807) is 0 Å². The zero-order valence-corrected chi connectivity index (χ0v) is 23.5. The minimum Gasteiger partial charge on any atom is -0.370 e. The van der Waals surface area contributed by atoms with Crippen LogP contribution in [0.1, 0.15) is 132 Å². The third-order valence-electron chi connectivity index (χ3n) is 7.48. The van der Waals surface area contributed by atoms with Crippen molar-refractivity contribution in [1.29, 1.82) is 0 Å². The molecular formula is C28H54N4O2. The molecule has 0 saturated carbocycles. The van der Waals surface area contributed by atoms with Crippen molar-refractivity contribution in [2.45, 2.75) is 167 Å². The van der Waals surface area contributed by atoms with Crippen molar-refractivity contribution in [1.82, 2.24) is 15.5 Å². The van der Waals surface area contributed by atoms with Crippen molar-refractivity contribution >= 4 is 11.8 Å². The molecule has 34 heavy (non-hydrogen) atoms. The normalized spacial score (nSPS) is 24.0. The first-order valence-electron chi connectivity index (χ1n) is 13.7. The van der Waals surface area contributed by atoms with Gasteiger partial charge in [0.15, 0.2) is 0 Å². The molecule has 2 saturated heterocycles. The molecule has 198 valence electrons. The van der Waals surface area contributed by atoms with Gasteiger partial charge in [-0.25, -0.2) is 0 Å². The zero-order chi connectivity index (χ0) is 25.8. The predicted molar refractivity (Wildman–Crippen MR) is 142 cm³/mol. The van der Waals surface area contributed by atoms with Crippen molar-refractivity contribution in [3.05, 3.63) is 0 Å².